The van der Waals surface area contributed by atoms with E-state index >= 15 is 0 Å². The van der Waals surface area contributed by atoms with Gasteiger partial charge >= 0.3 is 0 Å². The Morgan fingerprint density at radius 2 is 1.83 bits per heavy atom. The maximum Gasteiger partial charge on any atom is 0.0535 e. The second kappa shape index (κ2) is 5.40. The summed E-state index contributed by atoms with van der Waals surface area (Å²) in [5.41, 5.74) is 6.72. The van der Waals surface area contributed by atoms with Gasteiger partial charge in [-0.1, -0.05) is 23.2 Å². The molecule has 23 heavy (non-hydrogen) atoms. The Morgan fingerprint density at radius 1 is 1.09 bits per heavy atom. The Morgan fingerprint density at radius 3 is 2.57 bits per heavy atom. The topological polar surface area (TPSA) is 8.17 Å². The Bertz CT molecular complexity index is 877. The molecule has 0 saturated heterocycles. The largest absolute Gasteiger partial charge is 0.312 e. The summed E-state index contributed by atoms with van der Waals surface area (Å²) in [5.74, 6) is 0. The van der Waals surface area contributed by atoms with Crippen LogP contribution in [0.4, 0.5) is 0 Å². The molecule has 0 aliphatic carbocycles. The molecule has 118 valence electrons. The zero-order valence-electron chi connectivity index (χ0n) is 13.8. The fourth-order valence-electron chi connectivity index (χ4n) is 3.75. The van der Waals surface area contributed by atoms with E-state index < -0.39 is 0 Å². The molecule has 1 aliphatic rings. The van der Waals surface area contributed by atoms with Crippen LogP contribution in [0.5, 0.6) is 0 Å². The second-order valence-corrected chi connectivity index (χ2v) is 7.04. The van der Waals surface area contributed by atoms with E-state index in [9.17, 15) is 0 Å². The van der Waals surface area contributed by atoms with Crippen molar-refractivity contribution in [2.45, 2.75) is 26.3 Å². The summed E-state index contributed by atoms with van der Waals surface area (Å²) in [5, 5.41) is 2.18. The third-order valence-corrected chi connectivity index (χ3v) is 5.38. The lowest BCUT2D eigenvalue weighted by Crippen LogP contribution is -2.31. The summed E-state index contributed by atoms with van der Waals surface area (Å²) >= 11 is 6.09. The quantitative estimate of drug-likeness (QED) is 0.601. The van der Waals surface area contributed by atoms with E-state index in [2.05, 4.69) is 60.7 Å². The Balaban J connectivity index is 2.07. The molecule has 3 heteroatoms. The van der Waals surface area contributed by atoms with Crippen molar-refractivity contribution in [3.05, 3.63) is 64.3 Å². The smallest absolute Gasteiger partial charge is 0.0535 e. The molecule has 4 rings (SSSR count). The number of aryl methyl sites for hydroxylation is 1. The van der Waals surface area contributed by atoms with Gasteiger partial charge in [-0.25, -0.2) is 0 Å². The first-order valence-corrected chi connectivity index (χ1v) is 8.54. The summed E-state index contributed by atoms with van der Waals surface area (Å²) in [7, 11) is 2.21. The van der Waals surface area contributed by atoms with E-state index in [4.69, 9.17) is 11.6 Å². The third kappa shape index (κ3) is 2.29. The SMILES string of the molecule is Cc1ccc2c(c1)c1c(n2-c2ccc(Cl)cc2)C(C)N(C)CC1. The number of rotatable bonds is 1. The summed E-state index contributed by atoms with van der Waals surface area (Å²) < 4.78 is 2.42. The van der Waals surface area contributed by atoms with Crippen LogP contribution in [-0.4, -0.2) is 23.1 Å². The van der Waals surface area contributed by atoms with E-state index in [1.165, 1.54) is 33.4 Å². The maximum absolute atomic E-state index is 6.09. The lowest BCUT2D eigenvalue weighted by molar-refractivity contribution is 0.241. The molecule has 2 heterocycles. The van der Waals surface area contributed by atoms with Crippen molar-refractivity contribution >= 4 is 22.5 Å². The van der Waals surface area contributed by atoms with Crippen LogP contribution in [-0.2, 0) is 6.42 Å². The molecule has 1 aromatic heterocycles. The van der Waals surface area contributed by atoms with Crippen LogP contribution in [0, 0.1) is 6.92 Å². The number of aromatic nitrogens is 1. The number of fused-ring (bicyclic) bond motifs is 3. The van der Waals surface area contributed by atoms with Gasteiger partial charge in [-0.3, -0.25) is 4.90 Å². The third-order valence-electron chi connectivity index (χ3n) is 5.12. The van der Waals surface area contributed by atoms with Gasteiger partial charge in [0, 0.05) is 34.4 Å². The first-order chi connectivity index (χ1) is 11.1. The van der Waals surface area contributed by atoms with Crippen LogP contribution < -0.4 is 0 Å². The minimum atomic E-state index is 0.405. The summed E-state index contributed by atoms with van der Waals surface area (Å²) in [4.78, 5) is 2.43. The number of benzene rings is 2. The van der Waals surface area contributed by atoms with Crippen molar-refractivity contribution in [3.63, 3.8) is 0 Å². The number of halogens is 1. The molecule has 0 radical (unpaired) electrons. The molecule has 0 fully saturated rings. The summed E-state index contributed by atoms with van der Waals surface area (Å²) in [6, 6.07) is 15.4. The maximum atomic E-state index is 6.09. The molecule has 1 atom stereocenters. The van der Waals surface area contributed by atoms with Crippen LogP contribution in [0.3, 0.4) is 0 Å². The lowest BCUT2D eigenvalue weighted by atomic mass is 9.98. The monoisotopic (exact) mass is 324 g/mol. The van der Waals surface area contributed by atoms with Gasteiger partial charge in [0.1, 0.15) is 0 Å². The highest BCUT2D eigenvalue weighted by Crippen LogP contribution is 2.38. The van der Waals surface area contributed by atoms with Gasteiger partial charge in [0.2, 0.25) is 0 Å². The molecule has 1 aliphatic heterocycles. The van der Waals surface area contributed by atoms with Crippen LogP contribution in [0.1, 0.15) is 29.8 Å². The number of hydrogen-bond acceptors (Lipinski definition) is 1. The predicted octanol–water partition coefficient (Wildman–Crippen LogP) is 5.14. The normalized spacial score (nSPS) is 18.3. The van der Waals surface area contributed by atoms with E-state index in [1.807, 2.05) is 12.1 Å². The Labute approximate surface area is 142 Å². The summed E-state index contributed by atoms with van der Waals surface area (Å²) in [6.07, 6.45) is 1.11. The second-order valence-electron chi connectivity index (χ2n) is 6.60. The highest BCUT2D eigenvalue weighted by molar-refractivity contribution is 6.30. The molecule has 2 aromatic carbocycles. The van der Waals surface area contributed by atoms with Crippen LogP contribution in [0.25, 0.3) is 16.6 Å². The first-order valence-electron chi connectivity index (χ1n) is 8.16. The van der Waals surface area contributed by atoms with Crippen molar-refractivity contribution in [3.8, 4) is 5.69 Å². The predicted molar refractivity (Wildman–Crippen MR) is 97.8 cm³/mol. The van der Waals surface area contributed by atoms with Crippen molar-refractivity contribution in [1.82, 2.24) is 9.47 Å². The van der Waals surface area contributed by atoms with Crippen molar-refractivity contribution < 1.29 is 0 Å². The zero-order chi connectivity index (χ0) is 16.1. The Hall–Kier alpha value is -1.77. The van der Waals surface area contributed by atoms with Gasteiger partial charge in [-0.05, 0) is 69.3 Å². The number of likely N-dealkylation sites (N-methyl/N-ethyl adjacent to an activating group) is 1. The highest BCUT2D eigenvalue weighted by Gasteiger charge is 2.28. The van der Waals surface area contributed by atoms with Crippen molar-refractivity contribution in [2.75, 3.05) is 13.6 Å². The minimum absolute atomic E-state index is 0.405. The van der Waals surface area contributed by atoms with E-state index in [1.54, 1.807) is 0 Å². The van der Waals surface area contributed by atoms with Gasteiger partial charge in [0.15, 0.2) is 0 Å². The van der Waals surface area contributed by atoms with Crippen LogP contribution in [0.15, 0.2) is 42.5 Å². The number of nitrogens with zero attached hydrogens (tertiary/aromatic N) is 2. The Kier molecular flexibility index (Phi) is 3.47. The molecule has 2 nitrogen and oxygen atoms in total. The van der Waals surface area contributed by atoms with Gasteiger partial charge in [0.05, 0.1) is 5.52 Å². The molecule has 0 saturated carbocycles. The van der Waals surface area contributed by atoms with Crippen molar-refractivity contribution in [1.29, 1.82) is 0 Å². The van der Waals surface area contributed by atoms with Gasteiger partial charge < -0.3 is 4.57 Å². The summed E-state index contributed by atoms with van der Waals surface area (Å²) in [6.45, 7) is 5.59. The fraction of sp³-hybridized carbons (Fsp3) is 0.300. The van der Waals surface area contributed by atoms with Crippen LogP contribution >= 0.6 is 11.6 Å². The van der Waals surface area contributed by atoms with Gasteiger partial charge in [-0.2, -0.15) is 0 Å². The molecular formula is C20H21ClN2. The molecule has 0 amide bonds. The molecule has 0 bridgehead atoms. The zero-order valence-corrected chi connectivity index (χ0v) is 14.6. The van der Waals surface area contributed by atoms with Crippen LogP contribution in [0.2, 0.25) is 5.02 Å². The van der Waals surface area contributed by atoms with E-state index in [0.29, 0.717) is 6.04 Å². The standard InChI is InChI=1S/C20H21ClN2/c1-13-4-9-19-18(12-13)17-10-11-22(3)14(2)20(17)23(19)16-7-5-15(21)6-8-16/h4-9,12,14H,10-11H2,1-3H3. The molecule has 1 unspecified atom stereocenters. The van der Waals surface area contributed by atoms with Gasteiger partial charge in [-0.15, -0.1) is 0 Å². The average molecular weight is 325 g/mol. The van der Waals surface area contributed by atoms with E-state index in [-0.39, 0.29) is 0 Å². The molecule has 3 aromatic rings. The highest BCUT2D eigenvalue weighted by atomic mass is 35.5. The van der Waals surface area contributed by atoms with E-state index in [0.717, 1.165) is 18.0 Å². The molecular weight excluding hydrogens is 304 g/mol. The van der Waals surface area contributed by atoms with Gasteiger partial charge in [0.25, 0.3) is 0 Å². The number of hydrogen-bond donors (Lipinski definition) is 0. The average Bonchev–Trinajstić information content (AvgIpc) is 2.86. The van der Waals surface area contributed by atoms with Crippen molar-refractivity contribution in [2.24, 2.45) is 0 Å². The minimum Gasteiger partial charge on any atom is -0.312 e. The lowest BCUT2D eigenvalue weighted by Gasteiger charge is -2.31. The fourth-order valence-corrected chi connectivity index (χ4v) is 3.88. The molecule has 0 spiro atoms. The molecule has 0 N–H and O–H groups in total. The first kappa shape index (κ1) is 14.8.